The molecule has 1 atom stereocenters. The SMILES string of the molecule is CNC(C)C1CCN(c2cncc3nnnn23)CC1. The largest absolute Gasteiger partial charge is 0.355 e. The van der Waals surface area contributed by atoms with Crippen LogP contribution < -0.4 is 10.2 Å². The number of hydrogen-bond donors (Lipinski definition) is 1. The van der Waals surface area contributed by atoms with E-state index in [1.165, 1.54) is 12.8 Å². The Hall–Kier alpha value is -1.76. The van der Waals surface area contributed by atoms with Gasteiger partial charge in [-0.1, -0.05) is 0 Å². The Bertz CT molecular complexity index is 544. The van der Waals surface area contributed by atoms with Crippen molar-refractivity contribution >= 4 is 11.5 Å². The molecule has 0 spiro atoms. The average molecular weight is 261 g/mol. The first-order valence-electron chi connectivity index (χ1n) is 6.74. The Morgan fingerprint density at radius 1 is 1.32 bits per heavy atom. The lowest BCUT2D eigenvalue weighted by atomic mass is 9.90. The van der Waals surface area contributed by atoms with Gasteiger partial charge >= 0.3 is 0 Å². The highest BCUT2D eigenvalue weighted by atomic mass is 15.5. The molecule has 1 fully saturated rings. The topological polar surface area (TPSA) is 71.2 Å². The van der Waals surface area contributed by atoms with Crippen molar-refractivity contribution in [1.29, 1.82) is 0 Å². The third-order valence-electron chi connectivity index (χ3n) is 4.12. The van der Waals surface area contributed by atoms with Gasteiger partial charge in [0.1, 0.15) is 0 Å². The summed E-state index contributed by atoms with van der Waals surface area (Å²) in [4.78, 5) is 6.53. The molecular formula is C12H19N7. The van der Waals surface area contributed by atoms with Crippen LogP contribution in [0.2, 0.25) is 0 Å². The molecule has 0 aromatic carbocycles. The van der Waals surface area contributed by atoms with Crippen LogP contribution in [0, 0.1) is 5.92 Å². The molecule has 1 saturated heterocycles. The second-order valence-electron chi connectivity index (χ2n) is 5.12. The molecule has 0 amide bonds. The van der Waals surface area contributed by atoms with Crippen molar-refractivity contribution in [3.05, 3.63) is 12.4 Å². The minimum Gasteiger partial charge on any atom is -0.355 e. The van der Waals surface area contributed by atoms with Gasteiger partial charge in [-0.2, -0.15) is 4.52 Å². The highest BCUT2D eigenvalue weighted by molar-refractivity contribution is 5.46. The van der Waals surface area contributed by atoms with E-state index in [1.54, 1.807) is 10.7 Å². The van der Waals surface area contributed by atoms with Gasteiger partial charge in [0.25, 0.3) is 0 Å². The Labute approximate surface area is 112 Å². The first-order chi connectivity index (χ1) is 9.29. The Balaban J connectivity index is 1.76. The molecule has 0 saturated carbocycles. The first-order valence-corrected chi connectivity index (χ1v) is 6.74. The van der Waals surface area contributed by atoms with Crippen molar-refractivity contribution in [2.24, 2.45) is 5.92 Å². The van der Waals surface area contributed by atoms with E-state index in [4.69, 9.17) is 0 Å². The highest BCUT2D eigenvalue weighted by Crippen LogP contribution is 2.24. The molecule has 0 bridgehead atoms. The van der Waals surface area contributed by atoms with E-state index in [0.717, 1.165) is 24.8 Å². The Morgan fingerprint density at radius 3 is 2.84 bits per heavy atom. The van der Waals surface area contributed by atoms with Gasteiger partial charge in [-0.05, 0) is 43.2 Å². The van der Waals surface area contributed by atoms with Crippen LogP contribution in [0.3, 0.4) is 0 Å². The molecular weight excluding hydrogens is 242 g/mol. The van der Waals surface area contributed by atoms with Gasteiger partial charge in [0.05, 0.1) is 12.4 Å². The van der Waals surface area contributed by atoms with E-state index in [-0.39, 0.29) is 0 Å². The number of tetrazole rings is 1. The molecule has 1 aliphatic heterocycles. The van der Waals surface area contributed by atoms with Gasteiger partial charge in [0.15, 0.2) is 11.5 Å². The summed E-state index contributed by atoms with van der Waals surface area (Å²) in [6, 6.07) is 0.573. The van der Waals surface area contributed by atoms with Crippen LogP contribution in [-0.2, 0) is 0 Å². The monoisotopic (exact) mass is 261 g/mol. The van der Waals surface area contributed by atoms with Gasteiger partial charge in [0, 0.05) is 19.1 Å². The maximum Gasteiger partial charge on any atom is 0.199 e. The molecule has 7 heteroatoms. The van der Waals surface area contributed by atoms with Crippen LogP contribution in [0.4, 0.5) is 5.82 Å². The minimum absolute atomic E-state index is 0.573. The molecule has 0 radical (unpaired) electrons. The van der Waals surface area contributed by atoms with E-state index in [0.29, 0.717) is 11.7 Å². The van der Waals surface area contributed by atoms with Crippen molar-refractivity contribution < 1.29 is 0 Å². The molecule has 1 N–H and O–H groups in total. The summed E-state index contributed by atoms with van der Waals surface area (Å²) in [5.41, 5.74) is 0.697. The first kappa shape index (κ1) is 12.3. The number of rotatable bonds is 3. The maximum atomic E-state index is 4.21. The molecule has 19 heavy (non-hydrogen) atoms. The lowest BCUT2D eigenvalue weighted by Gasteiger charge is -2.35. The summed E-state index contributed by atoms with van der Waals surface area (Å²) in [5, 5.41) is 15.0. The number of hydrogen-bond acceptors (Lipinski definition) is 6. The standard InChI is InChI=1S/C12H19N7/c1-9(13-2)10-3-5-18(6-4-10)12-8-14-7-11-15-16-17-19(11)12/h7-10,13H,3-6H2,1-2H3. The van der Waals surface area contributed by atoms with E-state index in [2.05, 4.69) is 37.6 Å². The molecule has 3 heterocycles. The molecule has 2 aromatic rings. The van der Waals surface area contributed by atoms with Gasteiger partial charge in [-0.3, -0.25) is 4.98 Å². The van der Waals surface area contributed by atoms with Crippen LogP contribution in [0.15, 0.2) is 12.4 Å². The van der Waals surface area contributed by atoms with Crippen molar-refractivity contribution in [3.8, 4) is 0 Å². The fourth-order valence-corrected chi connectivity index (χ4v) is 2.74. The second-order valence-corrected chi connectivity index (χ2v) is 5.12. The summed E-state index contributed by atoms with van der Waals surface area (Å²) in [6.07, 6.45) is 5.88. The average Bonchev–Trinajstić information content (AvgIpc) is 2.95. The number of aromatic nitrogens is 5. The summed E-state index contributed by atoms with van der Waals surface area (Å²) in [5.74, 6) is 1.72. The zero-order valence-corrected chi connectivity index (χ0v) is 11.3. The zero-order valence-electron chi connectivity index (χ0n) is 11.3. The smallest absolute Gasteiger partial charge is 0.199 e. The molecule has 1 aliphatic rings. The molecule has 0 aliphatic carbocycles. The van der Waals surface area contributed by atoms with Crippen LogP contribution in [-0.4, -0.2) is 51.2 Å². The van der Waals surface area contributed by atoms with E-state index in [1.807, 2.05) is 13.2 Å². The predicted molar refractivity (Wildman–Crippen MR) is 72.0 cm³/mol. The van der Waals surface area contributed by atoms with Crippen molar-refractivity contribution in [3.63, 3.8) is 0 Å². The zero-order chi connectivity index (χ0) is 13.2. The van der Waals surface area contributed by atoms with Gasteiger partial charge < -0.3 is 10.2 Å². The molecule has 3 rings (SSSR count). The van der Waals surface area contributed by atoms with E-state index < -0.39 is 0 Å². The lowest BCUT2D eigenvalue weighted by molar-refractivity contribution is 0.322. The van der Waals surface area contributed by atoms with Gasteiger partial charge in [-0.15, -0.1) is 5.10 Å². The number of anilines is 1. The van der Waals surface area contributed by atoms with Crippen LogP contribution in [0.1, 0.15) is 19.8 Å². The summed E-state index contributed by atoms with van der Waals surface area (Å²) in [6.45, 7) is 4.30. The normalized spacial score (nSPS) is 18.9. The fraction of sp³-hybridized carbons (Fsp3) is 0.667. The number of nitrogens with one attached hydrogen (secondary N) is 1. The quantitative estimate of drug-likeness (QED) is 0.859. The molecule has 102 valence electrons. The third-order valence-corrected chi connectivity index (χ3v) is 4.12. The Kier molecular flexibility index (Phi) is 3.29. The number of fused-ring (bicyclic) bond motifs is 1. The number of nitrogens with zero attached hydrogens (tertiary/aromatic N) is 6. The van der Waals surface area contributed by atoms with E-state index >= 15 is 0 Å². The maximum absolute atomic E-state index is 4.21. The third kappa shape index (κ3) is 2.25. The fourth-order valence-electron chi connectivity index (χ4n) is 2.74. The van der Waals surface area contributed by atoms with Crippen molar-refractivity contribution in [1.82, 2.24) is 30.3 Å². The van der Waals surface area contributed by atoms with Gasteiger partial charge in [-0.25, -0.2) is 0 Å². The summed E-state index contributed by atoms with van der Waals surface area (Å²) < 4.78 is 1.76. The van der Waals surface area contributed by atoms with Crippen LogP contribution >= 0.6 is 0 Å². The van der Waals surface area contributed by atoms with Gasteiger partial charge in [0.2, 0.25) is 0 Å². The molecule has 7 nitrogen and oxygen atoms in total. The Morgan fingerprint density at radius 2 is 2.11 bits per heavy atom. The predicted octanol–water partition coefficient (Wildman–Crippen LogP) is 0.344. The summed E-state index contributed by atoms with van der Waals surface area (Å²) in [7, 11) is 2.03. The van der Waals surface area contributed by atoms with E-state index in [9.17, 15) is 0 Å². The molecule has 2 aromatic heterocycles. The lowest BCUT2D eigenvalue weighted by Crippen LogP contribution is -2.41. The van der Waals surface area contributed by atoms with Crippen LogP contribution in [0.5, 0.6) is 0 Å². The van der Waals surface area contributed by atoms with Crippen LogP contribution in [0.25, 0.3) is 5.65 Å². The number of piperidine rings is 1. The van der Waals surface area contributed by atoms with Crippen molar-refractivity contribution in [2.45, 2.75) is 25.8 Å². The molecule has 1 unspecified atom stereocenters. The summed E-state index contributed by atoms with van der Waals surface area (Å²) >= 11 is 0. The highest BCUT2D eigenvalue weighted by Gasteiger charge is 2.24. The second kappa shape index (κ2) is 5.08. The minimum atomic E-state index is 0.573. The van der Waals surface area contributed by atoms with Crippen molar-refractivity contribution in [2.75, 3.05) is 25.0 Å².